The number of methoxy groups -OCH3 is 2. The largest absolute Gasteiger partial charge is 0.497 e. The van der Waals surface area contributed by atoms with Crippen LogP contribution in [0, 0.1) is 0 Å². The highest BCUT2D eigenvalue weighted by Gasteiger charge is 2.13. The van der Waals surface area contributed by atoms with Crippen LogP contribution in [-0.2, 0) is 0 Å². The van der Waals surface area contributed by atoms with Crippen molar-refractivity contribution in [3.63, 3.8) is 0 Å². The molecule has 0 spiro atoms. The van der Waals surface area contributed by atoms with Crippen LogP contribution in [0.5, 0.6) is 11.5 Å². The zero-order chi connectivity index (χ0) is 17.0. The SMILES string of the molecule is COc1cc(OC)cc(C(=O)Nc2ccc(Cl)c(C(=O)O)c2)c1. The van der Waals surface area contributed by atoms with Gasteiger partial charge in [0.15, 0.2) is 0 Å². The number of hydrogen-bond donors (Lipinski definition) is 2. The van der Waals surface area contributed by atoms with E-state index in [0.29, 0.717) is 22.7 Å². The summed E-state index contributed by atoms with van der Waals surface area (Å²) in [5.74, 6) is -0.663. The van der Waals surface area contributed by atoms with Crippen LogP contribution in [0.1, 0.15) is 20.7 Å². The predicted molar refractivity (Wildman–Crippen MR) is 85.9 cm³/mol. The number of rotatable bonds is 5. The van der Waals surface area contributed by atoms with Crippen molar-refractivity contribution in [2.45, 2.75) is 0 Å². The van der Waals surface area contributed by atoms with Crippen molar-refractivity contribution < 1.29 is 24.2 Å². The molecule has 0 fully saturated rings. The third-order valence-electron chi connectivity index (χ3n) is 3.07. The molecule has 120 valence electrons. The molecule has 0 aliphatic heterocycles. The van der Waals surface area contributed by atoms with Crippen LogP contribution in [0.4, 0.5) is 5.69 Å². The van der Waals surface area contributed by atoms with Gasteiger partial charge in [0.2, 0.25) is 0 Å². The van der Waals surface area contributed by atoms with Gasteiger partial charge in [0, 0.05) is 17.3 Å². The molecule has 0 aliphatic rings. The van der Waals surface area contributed by atoms with Gasteiger partial charge in [-0.1, -0.05) is 11.6 Å². The van der Waals surface area contributed by atoms with Crippen LogP contribution in [0.2, 0.25) is 5.02 Å². The number of carboxylic acid groups (broad SMARTS) is 1. The number of benzene rings is 2. The molecule has 0 heterocycles. The van der Waals surface area contributed by atoms with Gasteiger partial charge in [0.1, 0.15) is 11.5 Å². The molecular weight excluding hydrogens is 322 g/mol. The first-order valence-corrected chi connectivity index (χ1v) is 6.89. The Labute approximate surface area is 137 Å². The molecule has 0 atom stereocenters. The molecule has 0 aliphatic carbocycles. The van der Waals surface area contributed by atoms with Gasteiger partial charge in [-0.15, -0.1) is 0 Å². The van der Waals surface area contributed by atoms with Gasteiger partial charge >= 0.3 is 5.97 Å². The van der Waals surface area contributed by atoms with Crippen LogP contribution >= 0.6 is 11.6 Å². The highest BCUT2D eigenvalue weighted by Crippen LogP contribution is 2.24. The molecule has 0 aromatic heterocycles. The highest BCUT2D eigenvalue weighted by molar-refractivity contribution is 6.33. The Morgan fingerprint density at radius 3 is 2.17 bits per heavy atom. The van der Waals surface area contributed by atoms with Crippen molar-refractivity contribution in [3.8, 4) is 11.5 Å². The average Bonchev–Trinajstić information content (AvgIpc) is 2.55. The number of ether oxygens (including phenoxy) is 2. The van der Waals surface area contributed by atoms with Crippen molar-refractivity contribution in [2.24, 2.45) is 0 Å². The second-order valence-corrected chi connectivity index (χ2v) is 4.96. The van der Waals surface area contributed by atoms with Gasteiger partial charge in [-0.3, -0.25) is 4.79 Å². The Balaban J connectivity index is 2.29. The molecule has 0 bridgehead atoms. The Bertz CT molecular complexity index is 738. The average molecular weight is 336 g/mol. The number of carboxylic acids is 1. The standard InChI is InChI=1S/C16H14ClNO5/c1-22-11-5-9(6-12(8-11)23-2)15(19)18-10-3-4-14(17)13(7-10)16(20)21/h3-8H,1-2H3,(H,18,19)(H,20,21). The lowest BCUT2D eigenvalue weighted by atomic mass is 10.1. The van der Waals surface area contributed by atoms with E-state index in [2.05, 4.69) is 5.32 Å². The molecule has 2 rings (SSSR count). The minimum Gasteiger partial charge on any atom is -0.497 e. The van der Waals surface area contributed by atoms with E-state index in [9.17, 15) is 9.59 Å². The quantitative estimate of drug-likeness (QED) is 0.875. The first kappa shape index (κ1) is 16.6. The van der Waals surface area contributed by atoms with Gasteiger partial charge in [-0.2, -0.15) is 0 Å². The summed E-state index contributed by atoms with van der Waals surface area (Å²) in [6.45, 7) is 0. The minimum atomic E-state index is -1.17. The number of halogens is 1. The van der Waals surface area contributed by atoms with E-state index in [1.165, 1.54) is 32.4 Å². The van der Waals surface area contributed by atoms with Crippen molar-refractivity contribution in [1.82, 2.24) is 0 Å². The summed E-state index contributed by atoms with van der Waals surface area (Å²) >= 11 is 5.80. The minimum absolute atomic E-state index is 0.0901. The fourth-order valence-electron chi connectivity index (χ4n) is 1.91. The van der Waals surface area contributed by atoms with Crippen molar-refractivity contribution >= 4 is 29.2 Å². The number of carbonyl (C=O) groups is 2. The molecule has 0 saturated heterocycles. The van der Waals surface area contributed by atoms with E-state index in [4.69, 9.17) is 26.2 Å². The molecular formula is C16H14ClNO5. The Hall–Kier alpha value is -2.73. The van der Waals surface area contributed by atoms with Crippen LogP contribution in [0.25, 0.3) is 0 Å². The van der Waals surface area contributed by atoms with Crippen LogP contribution in [-0.4, -0.2) is 31.2 Å². The molecule has 23 heavy (non-hydrogen) atoms. The number of nitrogens with one attached hydrogen (secondary N) is 1. The molecule has 2 aromatic carbocycles. The lowest BCUT2D eigenvalue weighted by molar-refractivity contribution is 0.0696. The van der Waals surface area contributed by atoms with E-state index in [0.717, 1.165) is 0 Å². The number of amides is 1. The number of aromatic carboxylic acids is 1. The lowest BCUT2D eigenvalue weighted by Gasteiger charge is -2.10. The normalized spacial score (nSPS) is 10.0. The van der Waals surface area contributed by atoms with Crippen molar-refractivity contribution in [3.05, 3.63) is 52.5 Å². The first-order chi connectivity index (χ1) is 10.9. The van der Waals surface area contributed by atoms with Gasteiger partial charge in [0.25, 0.3) is 5.91 Å². The first-order valence-electron chi connectivity index (χ1n) is 6.52. The Morgan fingerprint density at radius 2 is 1.65 bits per heavy atom. The third-order valence-corrected chi connectivity index (χ3v) is 3.40. The lowest BCUT2D eigenvalue weighted by Crippen LogP contribution is -2.13. The second-order valence-electron chi connectivity index (χ2n) is 4.56. The molecule has 7 heteroatoms. The summed E-state index contributed by atoms with van der Waals surface area (Å²) in [4.78, 5) is 23.4. The van der Waals surface area contributed by atoms with E-state index >= 15 is 0 Å². The Morgan fingerprint density at radius 1 is 1.04 bits per heavy atom. The number of carbonyl (C=O) groups excluding carboxylic acids is 1. The molecule has 0 saturated carbocycles. The maximum atomic E-state index is 12.3. The summed E-state index contributed by atoms with van der Waals surface area (Å²) in [7, 11) is 2.96. The number of hydrogen-bond acceptors (Lipinski definition) is 4. The summed E-state index contributed by atoms with van der Waals surface area (Å²) in [6.07, 6.45) is 0. The van der Waals surface area contributed by atoms with Crippen molar-refractivity contribution in [1.29, 1.82) is 0 Å². The molecule has 2 N–H and O–H groups in total. The second kappa shape index (κ2) is 7.02. The zero-order valence-corrected chi connectivity index (χ0v) is 13.2. The van der Waals surface area contributed by atoms with Crippen LogP contribution in [0.15, 0.2) is 36.4 Å². The van der Waals surface area contributed by atoms with Gasteiger partial charge < -0.3 is 19.9 Å². The van der Waals surface area contributed by atoms with E-state index < -0.39 is 11.9 Å². The van der Waals surface area contributed by atoms with Gasteiger partial charge in [0.05, 0.1) is 24.8 Å². The fourth-order valence-corrected chi connectivity index (χ4v) is 2.11. The topological polar surface area (TPSA) is 84.9 Å². The predicted octanol–water partition coefficient (Wildman–Crippen LogP) is 3.31. The zero-order valence-electron chi connectivity index (χ0n) is 12.4. The van der Waals surface area contributed by atoms with E-state index in [-0.39, 0.29) is 10.6 Å². The molecule has 6 nitrogen and oxygen atoms in total. The molecule has 0 unspecified atom stereocenters. The fraction of sp³-hybridized carbons (Fsp3) is 0.125. The maximum absolute atomic E-state index is 12.3. The summed E-state index contributed by atoms with van der Waals surface area (Å²) < 4.78 is 10.2. The number of anilines is 1. The van der Waals surface area contributed by atoms with Crippen molar-refractivity contribution in [2.75, 3.05) is 19.5 Å². The van der Waals surface area contributed by atoms with Gasteiger partial charge in [-0.25, -0.2) is 4.79 Å². The Kier molecular flexibility index (Phi) is 5.08. The summed E-state index contributed by atoms with van der Waals surface area (Å²) in [5.41, 5.74) is 0.541. The van der Waals surface area contributed by atoms with Gasteiger partial charge in [-0.05, 0) is 30.3 Å². The monoisotopic (exact) mass is 335 g/mol. The summed E-state index contributed by atoms with van der Waals surface area (Å²) in [6, 6.07) is 8.95. The smallest absolute Gasteiger partial charge is 0.337 e. The highest BCUT2D eigenvalue weighted by atomic mass is 35.5. The maximum Gasteiger partial charge on any atom is 0.337 e. The molecule has 0 radical (unpaired) electrons. The van der Waals surface area contributed by atoms with E-state index in [1.54, 1.807) is 18.2 Å². The van der Waals surface area contributed by atoms with E-state index in [1.807, 2.05) is 0 Å². The molecule has 2 aromatic rings. The molecule has 1 amide bonds. The van der Waals surface area contributed by atoms with Crippen LogP contribution < -0.4 is 14.8 Å². The third kappa shape index (κ3) is 3.92. The van der Waals surface area contributed by atoms with Crippen LogP contribution in [0.3, 0.4) is 0 Å². The summed E-state index contributed by atoms with van der Waals surface area (Å²) in [5, 5.41) is 11.8.